The number of carbonyl (C=O) groups is 1. The van der Waals surface area contributed by atoms with Crippen LogP contribution in [0.3, 0.4) is 0 Å². The summed E-state index contributed by atoms with van der Waals surface area (Å²) in [5, 5.41) is 9.38. The molecule has 0 bridgehead atoms. The molecule has 0 unspecified atom stereocenters. The van der Waals surface area contributed by atoms with Crippen LogP contribution in [0.15, 0.2) is 47.0 Å². The van der Waals surface area contributed by atoms with Gasteiger partial charge in [-0.15, -0.1) is 21.6 Å². The Morgan fingerprint density at radius 2 is 2.12 bits per heavy atom. The standard InChI is InChI=1S/C17H17N5O2S/c1-4-24-17(23)14-9-11-13(22(2)3)6-5-12(16(11)25-14)20-21-15-7-8-18-10-19-15/h5-10H,4H2,1-3H3. The number of fused-ring (bicyclic) bond motifs is 1. The molecule has 0 saturated carbocycles. The summed E-state index contributed by atoms with van der Waals surface area (Å²) < 4.78 is 6.00. The first-order valence-electron chi connectivity index (χ1n) is 7.69. The van der Waals surface area contributed by atoms with E-state index in [1.54, 1.807) is 19.2 Å². The molecule has 3 aromatic rings. The molecule has 0 radical (unpaired) electrons. The molecular formula is C17H17N5O2S. The van der Waals surface area contributed by atoms with Crippen LogP contribution < -0.4 is 4.90 Å². The Morgan fingerprint density at radius 1 is 1.28 bits per heavy atom. The van der Waals surface area contributed by atoms with Crippen molar-refractivity contribution in [3.05, 3.63) is 41.7 Å². The van der Waals surface area contributed by atoms with E-state index in [1.807, 2.05) is 37.2 Å². The second-order valence-corrected chi connectivity index (χ2v) is 6.39. The number of rotatable bonds is 5. The smallest absolute Gasteiger partial charge is 0.348 e. The molecule has 128 valence electrons. The van der Waals surface area contributed by atoms with E-state index in [0.29, 0.717) is 23.0 Å². The second kappa shape index (κ2) is 7.35. The van der Waals surface area contributed by atoms with Gasteiger partial charge in [-0.2, -0.15) is 0 Å². The van der Waals surface area contributed by atoms with Gasteiger partial charge in [-0.05, 0) is 25.1 Å². The Hall–Kier alpha value is -2.87. The molecule has 7 nitrogen and oxygen atoms in total. The van der Waals surface area contributed by atoms with Crippen molar-refractivity contribution in [2.24, 2.45) is 10.2 Å². The van der Waals surface area contributed by atoms with Crippen molar-refractivity contribution >= 4 is 44.6 Å². The fraction of sp³-hybridized carbons (Fsp3) is 0.235. The molecule has 25 heavy (non-hydrogen) atoms. The minimum absolute atomic E-state index is 0.327. The lowest BCUT2D eigenvalue weighted by Gasteiger charge is -2.14. The van der Waals surface area contributed by atoms with Crippen LogP contribution in [0.1, 0.15) is 16.6 Å². The van der Waals surface area contributed by atoms with Crippen molar-refractivity contribution in [1.82, 2.24) is 9.97 Å². The van der Waals surface area contributed by atoms with E-state index >= 15 is 0 Å². The molecule has 0 spiro atoms. The van der Waals surface area contributed by atoms with Gasteiger partial charge in [-0.3, -0.25) is 0 Å². The van der Waals surface area contributed by atoms with E-state index in [-0.39, 0.29) is 5.97 Å². The van der Waals surface area contributed by atoms with Crippen molar-refractivity contribution in [2.75, 3.05) is 25.6 Å². The molecule has 0 N–H and O–H groups in total. The summed E-state index contributed by atoms with van der Waals surface area (Å²) in [5.74, 6) is 0.147. The Labute approximate surface area is 149 Å². The Bertz CT molecular complexity index is 921. The van der Waals surface area contributed by atoms with E-state index < -0.39 is 0 Å². The summed E-state index contributed by atoms with van der Waals surface area (Å²) in [5.41, 5.74) is 1.68. The Morgan fingerprint density at radius 3 is 2.80 bits per heavy atom. The molecular weight excluding hydrogens is 338 g/mol. The lowest BCUT2D eigenvalue weighted by atomic mass is 10.2. The number of thiophene rings is 1. The van der Waals surface area contributed by atoms with Crippen LogP contribution >= 0.6 is 11.3 Å². The summed E-state index contributed by atoms with van der Waals surface area (Å²) >= 11 is 1.35. The van der Waals surface area contributed by atoms with Crippen LogP contribution in [0.2, 0.25) is 0 Å². The number of ether oxygens (including phenoxy) is 1. The van der Waals surface area contributed by atoms with E-state index in [0.717, 1.165) is 15.8 Å². The van der Waals surface area contributed by atoms with Gasteiger partial charge in [-0.1, -0.05) is 0 Å². The first-order chi connectivity index (χ1) is 12.1. The predicted octanol–water partition coefficient (Wildman–Crippen LogP) is 4.35. The van der Waals surface area contributed by atoms with E-state index in [2.05, 4.69) is 20.2 Å². The first-order valence-corrected chi connectivity index (χ1v) is 8.50. The monoisotopic (exact) mass is 355 g/mol. The molecule has 0 fully saturated rings. The van der Waals surface area contributed by atoms with Crippen molar-refractivity contribution in [2.45, 2.75) is 6.92 Å². The minimum Gasteiger partial charge on any atom is -0.462 e. The summed E-state index contributed by atoms with van der Waals surface area (Å²) in [6, 6.07) is 7.36. The van der Waals surface area contributed by atoms with Crippen LogP contribution in [-0.4, -0.2) is 36.6 Å². The van der Waals surface area contributed by atoms with Crippen molar-refractivity contribution in [3.63, 3.8) is 0 Å². The largest absolute Gasteiger partial charge is 0.462 e. The number of carbonyl (C=O) groups excluding carboxylic acids is 1. The van der Waals surface area contributed by atoms with Gasteiger partial charge >= 0.3 is 5.97 Å². The third-order valence-electron chi connectivity index (χ3n) is 3.42. The zero-order valence-corrected chi connectivity index (χ0v) is 14.9. The summed E-state index contributed by atoms with van der Waals surface area (Å²) in [6.07, 6.45) is 3.03. The third-order valence-corrected chi connectivity index (χ3v) is 4.56. The molecule has 0 aliphatic carbocycles. The maximum Gasteiger partial charge on any atom is 0.348 e. The molecule has 0 aliphatic rings. The lowest BCUT2D eigenvalue weighted by Crippen LogP contribution is -2.08. The van der Waals surface area contributed by atoms with Gasteiger partial charge in [-0.25, -0.2) is 14.8 Å². The number of nitrogens with zero attached hydrogens (tertiary/aromatic N) is 5. The molecule has 0 amide bonds. The first kappa shape index (κ1) is 17.0. The predicted molar refractivity (Wildman–Crippen MR) is 98.3 cm³/mol. The van der Waals surface area contributed by atoms with Gasteiger partial charge in [0.2, 0.25) is 0 Å². The Kier molecular flexibility index (Phi) is 4.99. The molecule has 0 saturated heterocycles. The van der Waals surface area contributed by atoms with Crippen LogP contribution in [0.25, 0.3) is 10.1 Å². The quantitative estimate of drug-likeness (QED) is 0.502. The molecule has 0 atom stereocenters. The van der Waals surface area contributed by atoms with E-state index in [9.17, 15) is 4.79 Å². The van der Waals surface area contributed by atoms with Crippen molar-refractivity contribution in [1.29, 1.82) is 0 Å². The topological polar surface area (TPSA) is 80.0 Å². The minimum atomic E-state index is -0.327. The zero-order valence-electron chi connectivity index (χ0n) is 14.1. The van der Waals surface area contributed by atoms with Crippen LogP contribution in [-0.2, 0) is 4.74 Å². The van der Waals surface area contributed by atoms with Crippen LogP contribution in [0.5, 0.6) is 0 Å². The number of benzene rings is 1. The molecule has 2 heterocycles. The van der Waals surface area contributed by atoms with Crippen molar-refractivity contribution in [3.8, 4) is 0 Å². The number of hydrogen-bond donors (Lipinski definition) is 0. The van der Waals surface area contributed by atoms with Gasteiger partial charge in [0.05, 0.1) is 11.3 Å². The highest BCUT2D eigenvalue weighted by Crippen LogP contribution is 2.40. The van der Waals surface area contributed by atoms with Gasteiger partial charge in [0, 0.05) is 37.4 Å². The number of esters is 1. The average Bonchev–Trinajstić information content (AvgIpc) is 3.06. The van der Waals surface area contributed by atoms with Crippen LogP contribution in [0.4, 0.5) is 17.2 Å². The zero-order chi connectivity index (χ0) is 17.8. The third kappa shape index (κ3) is 3.63. The fourth-order valence-corrected chi connectivity index (χ4v) is 3.34. The van der Waals surface area contributed by atoms with E-state index in [1.165, 1.54) is 17.7 Å². The average molecular weight is 355 g/mol. The lowest BCUT2D eigenvalue weighted by molar-refractivity contribution is 0.0532. The van der Waals surface area contributed by atoms with Crippen LogP contribution in [0, 0.1) is 0 Å². The highest BCUT2D eigenvalue weighted by Gasteiger charge is 2.16. The molecule has 2 aromatic heterocycles. The molecule has 8 heteroatoms. The molecule has 1 aromatic carbocycles. The SMILES string of the molecule is CCOC(=O)c1cc2c(N(C)C)ccc(N=Nc3ccncn3)c2s1. The Balaban J connectivity index is 2.08. The van der Waals surface area contributed by atoms with Gasteiger partial charge in [0.1, 0.15) is 16.9 Å². The van der Waals surface area contributed by atoms with Gasteiger partial charge < -0.3 is 9.64 Å². The summed E-state index contributed by atoms with van der Waals surface area (Å²) in [6.45, 7) is 2.13. The summed E-state index contributed by atoms with van der Waals surface area (Å²) in [4.78, 5) is 22.5. The van der Waals surface area contributed by atoms with Gasteiger partial charge in [0.15, 0.2) is 5.82 Å². The molecule has 0 aliphatic heterocycles. The summed E-state index contributed by atoms with van der Waals surface area (Å²) in [7, 11) is 3.91. The number of azo groups is 1. The number of anilines is 1. The van der Waals surface area contributed by atoms with Crippen molar-refractivity contribution < 1.29 is 9.53 Å². The number of aromatic nitrogens is 2. The maximum absolute atomic E-state index is 12.1. The van der Waals surface area contributed by atoms with E-state index in [4.69, 9.17) is 4.74 Å². The second-order valence-electron chi connectivity index (χ2n) is 5.34. The highest BCUT2D eigenvalue weighted by molar-refractivity contribution is 7.21. The normalized spacial score (nSPS) is 11.2. The fourth-order valence-electron chi connectivity index (χ4n) is 2.31. The maximum atomic E-state index is 12.1. The van der Waals surface area contributed by atoms with Gasteiger partial charge in [0.25, 0.3) is 0 Å². The number of hydrogen-bond acceptors (Lipinski definition) is 8. The molecule has 3 rings (SSSR count). The highest BCUT2D eigenvalue weighted by atomic mass is 32.1.